The van der Waals surface area contributed by atoms with Crippen molar-refractivity contribution < 1.29 is 22.8 Å². The van der Waals surface area contributed by atoms with Crippen molar-refractivity contribution in [1.82, 2.24) is 15.2 Å². The molecule has 0 unspecified atom stereocenters. The van der Waals surface area contributed by atoms with Crippen molar-refractivity contribution in [3.8, 4) is 12.3 Å². The number of alkyl halides is 3. The molecule has 1 saturated carbocycles. The largest absolute Gasteiger partial charge is 0.417 e. The van der Waals surface area contributed by atoms with Gasteiger partial charge in [0.25, 0.3) is 11.8 Å². The highest BCUT2D eigenvalue weighted by Crippen LogP contribution is 2.35. The lowest BCUT2D eigenvalue weighted by atomic mass is 9.82. The zero-order valence-corrected chi connectivity index (χ0v) is 19.5. The summed E-state index contributed by atoms with van der Waals surface area (Å²) in [6.45, 7) is 0.661. The molecular formula is C25H26F3N3O2S. The molecule has 180 valence electrons. The van der Waals surface area contributed by atoms with Gasteiger partial charge >= 0.3 is 6.18 Å². The lowest BCUT2D eigenvalue weighted by molar-refractivity contribution is -0.138. The van der Waals surface area contributed by atoms with Crippen LogP contribution in [0.5, 0.6) is 0 Å². The Morgan fingerprint density at radius 1 is 1.15 bits per heavy atom. The number of halogens is 3. The highest BCUT2D eigenvalue weighted by atomic mass is 32.1. The van der Waals surface area contributed by atoms with Gasteiger partial charge in [-0.3, -0.25) is 9.59 Å². The van der Waals surface area contributed by atoms with E-state index in [0.29, 0.717) is 31.6 Å². The molecule has 9 heteroatoms. The Morgan fingerprint density at radius 2 is 1.82 bits per heavy atom. The van der Waals surface area contributed by atoms with Crippen LogP contribution in [0.3, 0.4) is 0 Å². The van der Waals surface area contributed by atoms with E-state index in [4.69, 9.17) is 6.42 Å². The molecule has 34 heavy (non-hydrogen) atoms. The first-order chi connectivity index (χ1) is 16.2. The van der Waals surface area contributed by atoms with E-state index in [-0.39, 0.29) is 17.4 Å². The molecular weight excluding hydrogens is 463 g/mol. The van der Waals surface area contributed by atoms with Crippen LogP contribution in [0, 0.1) is 12.3 Å². The molecule has 1 N–H and O–H groups in total. The zero-order chi connectivity index (χ0) is 24.3. The number of nitrogens with one attached hydrogen (secondary N) is 1. The molecule has 2 amide bonds. The summed E-state index contributed by atoms with van der Waals surface area (Å²) in [6.07, 6.45) is 6.88. The van der Waals surface area contributed by atoms with Gasteiger partial charge in [-0.05, 0) is 37.8 Å². The van der Waals surface area contributed by atoms with Crippen molar-refractivity contribution in [2.45, 2.75) is 62.6 Å². The minimum atomic E-state index is -4.59. The van der Waals surface area contributed by atoms with Crippen LogP contribution in [0.2, 0.25) is 0 Å². The van der Waals surface area contributed by atoms with E-state index in [1.807, 2.05) is 0 Å². The third-order valence-electron chi connectivity index (χ3n) is 6.69. The van der Waals surface area contributed by atoms with Gasteiger partial charge in [0, 0.05) is 24.4 Å². The van der Waals surface area contributed by atoms with Gasteiger partial charge in [0.15, 0.2) is 0 Å². The van der Waals surface area contributed by atoms with Crippen LogP contribution < -0.4 is 5.32 Å². The van der Waals surface area contributed by atoms with Crippen LogP contribution in [0.4, 0.5) is 13.2 Å². The first kappa shape index (κ1) is 24.3. The maximum absolute atomic E-state index is 13.3. The Morgan fingerprint density at radius 3 is 2.47 bits per heavy atom. The molecule has 2 heterocycles. The number of terminal acetylenes is 1. The number of carbonyl (C=O) groups is 2. The van der Waals surface area contributed by atoms with Gasteiger partial charge in [0.1, 0.15) is 11.2 Å². The fourth-order valence-corrected chi connectivity index (χ4v) is 5.71. The molecule has 0 atom stereocenters. The average Bonchev–Trinajstić information content (AvgIpc) is 3.34. The second-order valence-electron chi connectivity index (χ2n) is 8.92. The van der Waals surface area contributed by atoms with Crippen LogP contribution in [0.15, 0.2) is 29.6 Å². The van der Waals surface area contributed by atoms with Gasteiger partial charge in [-0.15, -0.1) is 17.8 Å². The second-order valence-corrected chi connectivity index (χ2v) is 9.81. The number of rotatable bonds is 4. The number of benzene rings is 1. The van der Waals surface area contributed by atoms with Crippen LogP contribution in [-0.2, 0) is 6.18 Å². The number of aromatic nitrogens is 1. The summed E-state index contributed by atoms with van der Waals surface area (Å²) in [4.78, 5) is 31.6. The van der Waals surface area contributed by atoms with Crippen molar-refractivity contribution >= 4 is 23.2 Å². The maximum atomic E-state index is 13.3. The molecule has 5 nitrogen and oxygen atoms in total. The third-order valence-corrected chi connectivity index (χ3v) is 7.69. The molecule has 2 aliphatic rings. The standard InChI is InChI=1S/C25H26F3N3O2S/c1-2-24(12-6-3-7-13-24)30-21(32)20-16-34-22(29-20)17-10-14-31(15-11-17)23(33)18-8-4-5-9-19(18)25(26,27)28/h1,4-5,8-9,16-17H,3,6-7,10-15H2,(H,30,32). The summed E-state index contributed by atoms with van der Waals surface area (Å²) < 4.78 is 39.9. The summed E-state index contributed by atoms with van der Waals surface area (Å²) >= 11 is 1.39. The first-order valence-electron chi connectivity index (χ1n) is 11.4. The second kappa shape index (κ2) is 9.79. The van der Waals surface area contributed by atoms with Crippen LogP contribution in [0.25, 0.3) is 0 Å². The Hall–Kier alpha value is -2.86. The number of amides is 2. The van der Waals surface area contributed by atoms with E-state index in [1.165, 1.54) is 34.4 Å². The minimum absolute atomic E-state index is 0.0461. The fourth-order valence-electron chi connectivity index (χ4n) is 4.74. The van der Waals surface area contributed by atoms with E-state index in [1.54, 1.807) is 5.38 Å². The summed E-state index contributed by atoms with van der Waals surface area (Å²) in [5.41, 5.74) is -1.53. The Bertz CT molecular complexity index is 1090. The molecule has 1 aliphatic heterocycles. The number of hydrogen-bond acceptors (Lipinski definition) is 4. The summed E-state index contributed by atoms with van der Waals surface area (Å²) in [6, 6.07) is 4.87. The molecule has 2 aromatic rings. The van der Waals surface area contributed by atoms with Crippen molar-refractivity contribution in [3.63, 3.8) is 0 Å². The summed E-state index contributed by atoms with van der Waals surface area (Å²) in [5.74, 6) is 1.92. The molecule has 4 rings (SSSR count). The molecule has 0 bridgehead atoms. The van der Waals surface area contributed by atoms with Crippen molar-refractivity contribution in [1.29, 1.82) is 0 Å². The average molecular weight is 490 g/mol. The predicted molar refractivity (Wildman–Crippen MR) is 124 cm³/mol. The predicted octanol–water partition coefficient (Wildman–Crippen LogP) is 5.25. The molecule has 1 aromatic heterocycles. The van der Waals surface area contributed by atoms with Gasteiger partial charge in [-0.2, -0.15) is 13.2 Å². The normalized spacial score (nSPS) is 18.8. The molecule has 0 spiro atoms. The third kappa shape index (κ3) is 5.12. The SMILES string of the molecule is C#CC1(NC(=O)c2csc(C3CCN(C(=O)c4ccccc4C(F)(F)F)CC3)n2)CCCCC1. The molecule has 1 aromatic carbocycles. The smallest absolute Gasteiger partial charge is 0.339 e. The molecule has 1 aliphatic carbocycles. The van der Waals surface area contributed by atoms with Crippen LogP contribution in [0.1, 0.15) is 82.3 Å². The Kier molecular flexibility index (Phi) is 6.99. The van der Waals surface area contributed by atoms with E-state index in [0.717, 1.165) is 43.2 Å². The fraction of sp³-hybridized carbons (Fsp3) is 0.480. The number of nitrogens with zero attached hydrogens (tertiary/aromatic N) is 2. The molecule has 1 saturated heterocycles. The Balaban J connectivity index is 1.38. The lowest BCUT2D eigenvalue weighted by Crippen LogP contribution is -2.48. The van der Waals surface area contributed by atoms with E-state index >= 15 is 0 Å². The minimum Gasteiger partial charge on any atom is -0.339 e. The number of piperidine rings is 1. The zero-order valence-electron chi connectivity index (χ0n) is 18.7. The highest BCUT2D eigenvalue weighted by molar-refractivity contribution is 7.09. The van der Waals surface area contributed by atoms with Gasteiger partial charge < -0.3 is 10.2 Å². The topological polar surface area (TPSA) is 62.3 Å². The van der Waals surface area contributed by atoms with Crippen molar-refractivity contribution in [2.24, 2.45) is 0 Å². The van der Waals surface area contributed by atoms with E-state index < -0.39 is 23.2 Å². The summed E-state index contributed by atoms with van der Waals surface area (Å²) in [7, 11) is 0. The first-order valence-corrected chi connectivity index (χ1v) is 12.3. The van der Waals surface area contributed by atoms with Crippen molar-refractivity contribution in [3.05, 3.63) is 51.5 Å². The van der Waals surface area contributed by atoms with Crippen molar-refractivity contribution in [2.75, 3.05) is 13.1 Å². The molecule has 0 radical (unpaired) electrons. The van der Waals surface area contributed by atoms with Gasteiger partial charge in [0.2, 0.25) is 0 Å². The van der Waals surface area contributed by atoms with Gasteiger partial charge in [-0.1, -0.05) is 37.3 Å². The van der Waals surface area contributed by atoms with E-state index in [2.05, 4.69) is 16.2 Å². The number of likely N-dealkylation sites (tertiary alicyclic amines) is 1. The lowest BCUT2D eigenvalue weighted by Gasteiger charge is -2.33. The summed E-state index contributed by atoms with van der Waals surface area (Å²) in [5, 5.41) is 5.51. The number of carbonyl (C=O) groups excluding carboxylic acids is 2. The quantitative estimate of drug-likeness (QED) is 0.597. The Labute approximate surface area is 200 Å². The maximum Gasteiger partial charge on any atom is 0.417 e. The molecule has 2 fully saturated rings. The van der Waals surface area contributed by atoms with E-state index in [9.17, 15) is 22.8 Å². The van der Waals surface area contributed by atoms with Crippen LogP contribution in [-0.4, -0.2) is 40.3 Å². The number of hydrogen-bond donors (Lipinski definition) is 1. The monoisotopic (exact) mass is 489 g/mol. The highest BCUT2D eigenvalue weighted by Gasteiger charge is 2.37. The van der Waals surface area contributed by atoms with Gasteiger partial charge in [0.05, 0.1) is 16.1 Å². The number of thiazole rings is 1. The van der Waals surface area contributed by atoms with Gasteiger partial charge in [-0.25, -0.2) is 4.98 Å². The van der Waals surface area contributed by atoms with Crippen LogP contribution >= 0.6 is 11.3 Å².